The van der Waals surface area contributed by atoms with E-state index in [9.17, 15) is 19.2 Å². The third kappa shape index (κ3) is 4.64. The van der Waals surface area contributed by atoms with Crippen molar-refractivity contribution in [3.05, 3.63) is 105 Å². The van der Waals surface area contributed by atoms with Gasteiger partial charge >= 0.3 is 23.6 Å². The van der Waals surface area contributed by atoms with Crippen LogP contribution in [0.25, 0.3) is 0 Å². The van der Waals surface area contributed by atoms with Crippen LogP contribution in [-0.4, -0.2) is 46.2 Å². The second kappa shape index (κ2) is 9.40. The number of alkyl halides is 2. The normalized spacial score (nSPS) is 21.1. The first-order valence-corrected chi connectivity index (χ1v) is 10.1. The first-order valence-electron chi connectivity index (χ1n) is 10.1. The van der Waals surface area contributed by atoms with E-state index in [4.69, 9.17) is 14.2 Å². The molecule has 0 spiro atoms. The molecule has 0 bridgehead atoms. The Morgan fingerprint density at radius 2 is 1.53 bits per heavy atom. The van der Waals surface area contributed by atoms with E-state index in [1.807, 2.05) is 4.98 Å². The van der Waals surface area contributed by atoms with Crippen LogP contribution in [0.2, 0.25) is 0 Å². The highest BCUT2D eigenvalue weighted by Crippen LogP contribution is 2.44. The highest BCUT2D eigenvalue weighted by Gasteiger charge is 2.62. The Kier molecular flexibility index (Phi) is 6.37. The quantitative estimate of drug-likeness (QED) is 0.547. The molecule has 3 aromatic rings. The van der Waals surface area contributed by atoms with Crippen LogP contribution in [0, 0.1) is 0 Å². The van der Waals surface area contributed by atoms with Crippen LogP contribution in [0.4, 0.5) is 8.78 Å². The van der Waals surface area contributed by atoms with Crippen molar-refractivity contribution in [2.75, 3.05) is 6.61 Å². The number of halogens is 2. The van der Waals surface area contributed by atoms with Gasteiger partial charge in [0.25, 0.3) is 5.56 Å². The SMILES string of the molecule is O=C(OCC1OC(n2ccc(=O)[nH]c2=O)C(F)(F)C1OC(=O)c1ccccc1)c1ccccc1. The zero-order valence-corrected chi connectivity index (χ0v) is 17.4. The zero-order valence-electron chi connectivity index (χ0n) is 17.4. The molecule has 1 aliphatic heterocycles. The second-order valence-corrected chi connectivity index (χ2v) is 7.38. The van der Waals surface area contributed by atoms with Gasteiger partial charge in [0.2, 0.25) is 6.23 Å². The molecule has 4 rings (SSSR count). The minimum absolute atomic E-state index is 0.0167. The summed E-state index contributed by atoms with van der Waals surface area (Å²) in [5.74, 6) is -5.77. The van der Waals surface area contributed by atoms with E-state index in [2.05, 4.69) is 0 Å². The topological polar surface area (TPSA) is 117 Å². The maximum Gasteiger partial charge on any atom is 0.338 e. The molecule has 1 fully saturated rings. The maximum absolute atomic E-state index is 15.4. The van der Waals surface area contributed by atoms with Crippen molar-refractivity contribution in [1.82, 2.24) is 9.55 Å². The van der Waals surface area contributed by atoms with Gasteiger partial charge in [0.15, 0.2) is 6.10 Å². The van der Waals surface area contributed by atoms with Gasteiger partial charge in [0.1, 0.15) is 12.7 Å². The highest BCUT2D eigenvalue weighted by atomic mass is 19.3. The van der Waals surface area contributed by atoms with Crippen LogP contribution in [0.15, 0.2) is 82.5 Å². The smallest absolute Gasteiger partial charge is 0.338 e. The van der Waals surface area contributed by atoms with Gasteiger partial charge in [0, 0.05) is 12.3 Å². The minimum Gasteiger partial charge on any atom is -0.459 e. The van der Waals surface area contributed by atoms with Crippen molar-refractivity contribution >= 4 is 11.9 Å². The van der Waals surface area contributed by atoms with Crippen molar-refractivity contribution in [3.63, 3.8) is 0 Å². The number of carbonyl (C=O) groups excluding carboxylic acids is 2. The Bertz CT molecular complexity index is 1290. The summed E-state index contributed by atoms with van der Waals surface area (Å²) < 4.78 is 46.9. The minimum atomic E-state index is -3.92. The van der Waals surface area contributed by atoms with E-state index in [0.717, 1.165) is 12.3 Å². The van der Waals surface area contributed by atoms with E-state index in [1.165, 1.54) is 36.4 Å². The lowest BCUT2D eigenvalue weighted by atomic mass is 10.1. The molecule has 34 heavy (non-hydrogen) atoms. The van der Waals surface area contributed by atoms with Crippen LogP contribution < -0.4 is 11.2 Å². The summed E-state index contributed by atoms with van der Waals surface area (Å²) in [5, 5.41) is 0. The molecule has 1 N–H and O–H groups in total. The van der Waals surface area contributed by atoms with Crippen LogP contribution in [0.3, 0.4) is 0 Å². The molecule has 2 aromatic carbocycles. The lowest BCUT2D eigenvalue weighted by molar-refractivity contribution is -0.142. The molecule has 0 amide bonds. The number of nitrogens with zero attached hydrogens (tertiary/aromatic N) is 1. The van der Waals surface area contributed by atoms with Gasteiger partial charge in [-0.2, -0.15) is 8.78 Å². The molecule has 3 unspecified atom stereocenters. The number of aromatic amines is 1. The number of rotatable bonds is 6. The zero-order chi connectivity index (χ0) is 24.3. The number of H-pyrrole nitrogens is 1. The van der Waals surface area contributed by atoms with E-state index in [-0.39, 0.29) is 11.1 Å². The summed E-state index contributed by atoms with van der Waals surface area (Å²) in [6.07, 6.45) is -5.20. The molecule has 176 valence electrons. The third-order valence-electron chi connectivity index (χ3n) is 5.09. The van der Waals surface area contributed by atoms with Gasteiger partial charge in [-0.15, -0.1) is 0 Å². The Balaban J connectivity index is 1.62. The average Bonchev–Trinajstić information content (AvgIpc) is 3.08. The Labute approximate surface area is 190 Å². The summed E-state index contributed by atoms with van der Waals surface area (Å²) in [7, 11) is 0. The fourth-order valence-corrected chi connectivity index (χ4v) is 3.43. The van der Waals surface area contributed by atoms with Crippen molar-refractivity contribution in [2.24, 2.45) is 0 Å². The van der Waals surface area contributed by atoms with E-state index < -0.39 is 54.2 Å². The summed E-state index contributed by atoms with van der Waals surface area (Å²) in [6.45, 7) is -0.690. The standard InChI is InChI=1S/C23H18F2N2O7/c24-23(25)18(34-20(30)15-9-5-2-6-10-15)16(13-32-19(29)14-7-3-1-4-8-14)33-21(23)27-12-11-17(28)26-22(27)31/h1-12,16,18,21H,13H2,(H,26,28,31). The number of aromatic nitrogens is 2. The van der Waals surface area contributed by atoms with Crippen molar-refractivity contribution < 1.29 is 32.6 Å². The molecule has 11 heteroatoms. The number of benzene rings is 2. The third-order valence-corrected chi connectivity index (χ3v) is 5.09. The fourth-order valence-electron chi connectivity index (χ4n) is 3.43. The number of carbonyl (C=O) groups is 2. The molecule has 2 heterocycles. The van der Waals surface area contributed by atoms with Gasteiger partial charge in [-0.05, 0) is 24.3 Å². The van der Waals surface area contributed by atoms with Gasteiger partial charge < -0.3 is 14.2 Å². The molecular weight excluding hydrogens is 454 g/mol. The predicted molar refractivity (Wildman–Crippen MR) is 113 cm³/mol. The summed E-state index contributed by atoms with van der Waals surface area (Å²) in [4.78, 5) is 50.1. The van der Waals surface area contributed by atoms with Gasteiger partial charge in [-0.3, -0.25) is 14.3 Å². The van der Waals surface area contributed by atoms with Crippen molar-refractivity contribution in [2.45, 2.75) is 24.4 Å². The van der Waals surface area contributed by atoms with Crippen LogP contribution >= 0.6 is 0 Å². The monoisotopic (exact) mass is 472 g/mol. The number of nitrogens with one attached hydrogen (secondary N) is 1. The molecule has 1 aromatic heterocycles. The lowest BCUT2D eigenvalue weighted by Gasteiger charge is -2.24. The van der Waals surface area contributed by atoms with Gasteiger partial charge in [-0.1, -0.05) is 36.4 Å². The summed E-state index contributed by atoms with van der Waals surface area (Å²) >= 11 is 0. The number of ether oxygens (including phenoxy) is 3. The highest BCUT2D eigenvalue weighted by molar-refractivity contribution is 5.90. The first-order chi connectivity index (χ1) is 16.3. The number of hydrogen-bond donors (Lipinski definition) is 1. The molecule has 9 nitrogen and oxygen atoms in total. The Hall–Kier alpha value is -4.12. The average molecular weight is 472 g/mol. The molecule has 0 radical (unpaired) electrons. The Morgan fingerprint density at radius 3 is 2.12 bits per heavy atom. The van der Waals surface area contributed by atoms with Gasteiger partial charge in [-0.25, -0.2) is 14.4 Å². The molecule has 0 saturated carbocycles. The van der Waals surface area contributed by atoms with Crippen LogP contribution in [0.5, 0.6) is 0 Å². The fraction of sp³-hybridized carbons (Fsp3) is 0.217. The number of hydrogen-bond acceptors (Lipinski definition) is 7. The first kappa shape index (κ1) is 23.1. The molecule has 3 atom stereocenters. The van der Waals surface area contributed by atoms with E-state index in [1.54, 1.807) is 24.3 Å². The lowest BCUT2D eigenvalue weighted by Crippen LogP contribution is -2.45. The van der Waals surface area contributed by atoms with Crippen molar-refractivity contribution in [3.8, 4) is 0 Å². The summed E-state index contributed by atoms with van der Waals surface area (Å²) in [5.41, 5.74) is -1.74. The van der Waals surface area contributed by atoms with E-state index >= 15 is 8.78 Å². The largest absolute Gasteiger partial charge is 0.459 e. The molecule has 1 saturated heterocycles. The van der Waals surface area contributed by atoms with Crippen LogP contribution in [-0.2, 0) is 14.2 Å². The molecule has 0 aliphatic carbocycles. The summed E-state index contributed by atoms with van der Waals surface area (Å²) in [6, 6.07) is 16.1. The predicted octanol–water partition coefficient (Wildman–Crippen LogP) is 2.15. The number of esters is 2. The maximum atomic E-state index is 15.4. The van der Waals surface area contributed by atoms with Gasteiger partial charge in [0.05, 0.1) is 11.1 Å². The molecular formula is C23H18F2N2O7. The Morgan fingerprint density at radius 1 is 0.941 bits per heavy atom. The van der Waals surface area contributed by atoms with Crippen LogP contribution in [0.1, 0.15) is 26.9 Å². The molecule has 1 aliphatic rings. The van der Waals surface area contributed by atoms with Crippen molar-refractivity contribution in [1.29, 1.82) is 0 Å². The van der Waals surface area contributed by atoms with E-state index in [0.29, 0.717) is 4.57 Å². The second-order valence-electron chi connectivity index (χ2n) is 7.38.